The van der Waals surface area contributed by atoms with E-state index in [4.69, 9.17) is 16.7 Å². The molecule has 0 aliphatic rings. The molecule has 5 heteroatoms. The van der Waals surface area contributed by atoms with Crippen LogP contribution in [0.25, 0.3) is 0 Å². The summed E-state index contributed by atoms with van der Waals surface area (Å²) >= 11 is 5.52. The van der Waals surface area contributed by atoms with Crippen LogP contribution in [0.1, 0.15) is 17.3 Å². The van der Waals surface area contributed by atoms with Crippen LogP contribution < -0.4 is 5.32 Å². The molecule has 0 spiro atoms. The zero-order chi connectivity index (χ0) is 11.4. The molecule has 1 rings (SSSR count). The van der Waals surface area contributed by atoms with Crippen LogP contribution in [-0.2, 0) is 0 Å². The van der Waals surface area contributed by atoms with E-state index >= 15 is 0 Å². The van der Waals surface area contributed by atoms with Gasteiger partial charge in [-0.2, -0.15) is 0 Å². The SMILES string of the molecule is C[C@@H](CO)NC(=O)c1cccc(Cl)c1F. The number of carbonyl (C=O) groups is 1. The fourth-order valence-electron chi connectivity index (χ4n) is 1.03. The van der Waals surface area contributed by atoms with E-state index in [2.05, 4.69) is 5.32 Å². The van der Waals surface area contributed by atoms with Crippen molar-refractivity contribution in [1.29, 1.82) is 0 Å². The van der Waals surface area contributed by atoms with Crippen LogP contribution in [0.4, 0.5) is 4.39 Å². The molecule has 0 aromatic heterocycles. The second-order valence-electron chi connectivity index (χ2n) is 3.16. The maximum absolute atomic E-state index is 13.4. The minimum Gasteiger partial charge on any atom is -0.394 e. The highest BCUT2D eigenvalue weighted by Gasteiger charge is 2.15. The Morgan fingerprint density at radius 3 is 2.93 bits per heavy atom. The summed E-state index contributed by atoms with van der Waals surface area (Å²) in [5.41, 5.74) is -0.122. The molecule has 1 atom stereocenters. The van der Waals surface area contributed by atoms with Gasteiger partial charge in [-0.25, -0.2) is 4.39 Å². The monoisotopic (exact) mass is 231 g/mol. The highest BCUT2D eigenvalue weighted by atomic mass is 35.5. The molecular weight excluding hydrogens is 221 g/mol. The molecule has 2 N–H and O–H groups in total. The number of nitrogens with one attached hydrogen (secondary N) is 1. The summed E-state index contributed by atoms with van der Waals surface area (Å²) in [7, 11) is 0. The largest absolute Gasteiger partial charge is 0.394 e. The number of benzene rings is 1. The van der Waals surface area contributed by atoms with E-state index < -0.39 is 17.8 Å². The Morgan fingerprint density at radius 2 is 2.33 bits per heavy atom. The lowest BCUT2D eigenvalue weighted by atomic mass is 10.2. The molecule has 0 aliphatic carbocycles. The Bertz CT molecular complexity index is 370. The van der Waals surface area contributed by atoms with Gasteiger partial charge in [0, 0.05) is 6.04 Å². The molecule has 0 bridgehead atoms. The van der Waals surface area contributed by atoms with Crippen molar-refractivity contribution >= 4 is 17.5 Å². The number of aliphatic hydroxyl groups is 1. The number of amides is 1. The van der Waals surface area contributed by atoms with Gasteiger partial charge in [-0.1, -0.05) is 17.7 Å². The van der Waals surface area contributed by atoms with Crippen molar-refractivity contribution in [3.8, 4) is 0 Å². The third-order valence-corrected chi connectivity index (χ3v) is 2.14. The van der Waals surface area contributed by atoms with E-state index in [1.807, 2.05) is 0 Å². The summed E-state index contributed by atoms with van der Waals surface area (Å²) in [6.45, 7) is 1.41. The molecule has 0 fully saturated rings. The van der Waals surface area contributed by atoms with Gasteiger partial charge in [-0.05, 0) is 19.1 Å². The van der Waals surface area contributed by atoms with E-state index in [1.54, 1.807) is 6.92 Å². The number of carbonyl (C=O) groups excluding carboxylic acids is 1. The summed E-state index contributed by atoms with van der Waals surface area (Å²) in [5, 5.41) is 11.0. The Balaban J connectivity index is 2.87. The maximum Gasteiger partial charge on any atom is 0.254 e. The van der Waals surface area contributed by atoms with Gasteiger partial charge in [0.1, 0.15) is 0 Å². The number of halogens is 2. The maximum atomic E-state index is 13.4. The zero-order valence-corrected chi connectivity index (χ0v) is 8.88. The highest BCUT2D eigenvalue weighted by Crippen LogP contribution is 2.17. The molecular formula is C10H11ClFNO2. The van der Waals surface area contributed by atoms with Gasteiger partial charge in [0.15, 0.2) is 5.82 Å². The summed E-state index contributed by atoms with van der Waals surface area (Å²) in [4.78, 5) is 11.5. The lowest BCUT2D eigenvalue weighted by molar-refractivity contribution is 0.0918. The lowest BCUT2D eigenvalue weighted by Crippen LogP contribution is -2.35. The van der Waals surface area contributed by atoms with Crippen molar-refractivity contribution in [2.75, 3.05) is 6.61 Å². The van der Waals surface area contributed by atoms with Crippen molar-refractivity contribution in [3.63, 3.8) is 0 Å². The van der Waals surface area contributed by atoms with Gasteiger partial charge in [0.05, 0.1) is 17.2 Å². The lowest BCUT2D eigenvalue weighted by Gasteiger charge is -2.11. The van der Waals surface area contributed by atoms with Crippen LogP contribution in [-0.4, -0.2) is 23.7 Å². The van der Waals surface area contributed by atoms with Gasteiger partial charge >= 0.3 is 0 Å². The fourth-order valence-corrected chi connectivity index (χ4v) is 1.20. The zero-order valence-electron chi connectivity index (χ0n) is 8.13. The van der Waals surface area contributed by atoms with Gasteiger partial charge in [0.2, 0.25) is 0 Å². The van der Waals surface area contributed by atoms with Crippen LogP contribution >= 0.6 is 11.6 Å². The predicted molar refractivity (Wildman–Crippen MR) is 55.4 cm³/mol. The standard InChI is InChI=1S/C10H11ClFNO2/c1-6(5-14)13-10(15)7-3-2-4-8(11)9(7)12/h2-4,6,14H,5H2,1H3,(H,13,15)/t6-/m0/s1. The van der Waals surface area contributed by atoms with Gasteiger partial charge < -0.3 is 10.4 Å². The Hall–Kier alpha value is -1.13. The molecule has 1 amide bonds. The second-order valence-corrected chi connectivity index (χ2v) is 3.57. The van der Waals surface area contributed by atoms with Crippen molar-refractivity contribution in [3.05, 3.63) is 34.6 Å². The fraction of sp³-hybridized carbons (Fsp3) is 0.300. The number of hydrogen-bond donors (Lipinski definition) is 2. The second kappa shape index (κ2) is 5.09. The minimum absolute atomic E-state index is 0.0979. The molecule has 0 aliphatic heterocycles. The molecule has 0 saturated heterocycles. The van der Waals surface area contributed by atoms with Crippen molar-refractivity contribution < 1.29 is 14.3 Å². The van der Waals surface area contributed by atoms with Gasteiger partial charge in [-0.15, -0.1) is 0 Å². The smallest absolute Gasteiger partial charge is 0.254 e. The normalized spacial score (nSPS) is 12.3. The van der Waals surface area contributed by atoms with Crippen LogP contribution in [0.15, 0.2) is 18.2 Å². The van der Waals surface area contributed by atoms with Crippen molar-refractivity contribution in [2.24, 2.45) is 0 Å². The first-order valence-electron chi connectivity index (χ1n) is 4.42. The Labute approximate surface area is 91.9 Å². The van der Waals surface area contributed by atoms with Gasteiger partial charge in [0.25, 0.3) is 5.91 Å². The van der Waals surface area contributed by atoms with Crippen molar-refractivity contribution in [2.45, 2.75) is 13.0 Å². The van der Waals surface area contributed by atoms with Crippen LogP contribution in [0, 0.1) is 5.82 Å². The summed E-state index contributed by atoms with van der Waals surface area (Å²) in [5.74, 6) is -1.33. The quantitative estimate of drug-likeness (QED) is 0.830. The topological polar surface area (TPSA) is 49.3 Å². The Kier molecular flexibility index (Phi) is 4.05. The third-order valence-electron chi connectivity index (χ3n) is 1.85. The van der Waals surface area contributed by atoms with E-state index in [-0.39, 0.29) is 17.2 Å². The first-order valence-corrected chi connectivity index (χ1v) is 4.79. The summed E-state index contributed by atoms with van der Waals surface area (Å²) in [6.07, 6.45) is 0. The molecule has 15 heavy (non-hydrogen) atoms. The van der Waals surface area contributed by atoms with E-state index in [9.17, 15) is 9.18 Å². The van der Waals surface area contributed by atoms with Crippen LogP contribution in [0.3, 0.4) is 0 Å². The summed E-state index contributed by atoms with van der Waals surface area (Å²) in [6, 6.07) is 3.77. The molecule has 1 aromatic carbocycles. The van der Waals surface area contributed by atoms with Gasteiger partial charge in [-0.3, -0.25) is 4.79 Å². The molecule has 0 radical (unpaired) electrons. The molecule has 0 saturated carbocycles. The molecule has 1 aromatic rings. The molecule has 0 unspecified atom stereocenters. The average molecular weight is 232 g/mol. The molecule has 3 nitrogen and oxygen atoms in total. The predicted octanol–water partition coefficient (Wildman–Crippen LogP) is 1.59. The molecule has 0 heterocycles. The Morgan fingerprint density at radius 1 is 1.67 bits per heavy atom. The van der Waals surface area contributed by atoms with Crippen LogP contribution in [0.5, 0.6) is 0 Å². The first-order chi connectivity index (χ1) is 7.06. The third kappa shape index (κ3) is 2.91. The summed E-state index contributed by atoms with van der Waals surface area (Å²) < 4.78 is 13.4. The highest BCUT2D eigenvalue weighted by molar-refractivity contribution is 6.31. The first kappa shape index (κ1) is 11.9. The number of aliphatic hydroxyl groups excluding tert-OH is 1. The van der Waals surface area contributed by atoms with E-state index in [1.165, 1.54) is 18.2 Å². The van der Waals surface area contributed by atoms with Crippen LogP contribution in [0.2, 0.25) is 5.02 Å². The average Bonchev–Trinajstić information content (AvgIpc) is 2.21. The number of rotatable bonds is 3. The van der Waals surface area contributed by atoms with E-state index in [0.717, 1.165) is 0 Å². The van der Waals surface area contributed by atoms with Crippen molar-refractivity contribution in [1.82, 2.24) is 5.32 Å². The minimum atomic E-state index is -0.748. The number of hydrogen-bond acceptors (Lipinski definition) is 2. The van der Waals surface area contributed by atoms with E-state index in [0.29, 0.717) is 0 Å². The molecule has 82 valence electrons.